The average molecular weight is 198 g/mol. The van der Waals surface area contributed by atoms with E-state index < -0.39 is 0 Å². The summed E-state index contributed by atoms with van der Waals surface area (Å²) < 4.78 is 4.67. The minimum atomic E-state index is -0.178. The molecule has 82 valence electrons. The van der Waals surface area contributed by atoms with Crippen molar-refractivity contribution >= 4 is 5.97 Å². The second-order valence-corrected chi connectivity index (χ2v) is 3.42. The van der Waals surface area contributed by atoms with Crippen LogP contribution in [0.5, 0.6) is 0 Å². The molecule has 0 rings (SSSR count). The maximum Gasteiger partial charge on any atom is 0.333 e. The van der Waals surface area contributed by atoms with Crippen molar-refractivity contribution in [3.63, 3.8) is 0 Å². The Kier molecular flexibility index (Phi) is 8.30. The molecule has 0 aromatic carbocycles. The number of carbonyl (C=O) groups is 1. The van der Waals surface area contributed by atoms with E-state index in [0.29, 0.717) is 0 Å². The molecule has 0 atom stereocenters. The van der Waals surface area contributed by atoms with Gasteiger partial charge in [-0.25, -0.2) is 4.79 Å². The highest BCUT2D eigenvalue weighted by Gasteiger charge is 2.05. The molecule has 0 unspecified atom stereocenters. The molecule has 0 spiro atoms. The molecular formula is C12H22O2. The lowest BCUT2D eigenvalue weighted by Crippen LogP contribution is -2.03. The first-order chi connectivity index (χ1) is 6.76. The van der Waals surface area contributed by atoms with E-state index in [1.54, 1.807) is 0 Å². The molecule has 0 saturated carbocycles. The highest BCUT2D eigenvalue weighted by molar-refractivity contribution is 5.88. The molecule has 0 bridgehead atoms. The van der Waals surface area contributed by atoms with E-state index in [9.17, 15) is 4.79 Å². The molecule has 0 aromatic rings. The third-order valence-corrected chi connectivity index (χ3v) is 2.28. The highest BCUT2D eigenvalue weighted by atomic mass is 16.5. The summed E-state index contributed by atoms with van der Waals surface area (Å²) in [4.78, 5) is 11.2. The summed E-state index contributed by atoms with van der Waals surface area (Å²) in [5, 5.41) is 0. The van der Waals surface area contributed by atoms with Crippen LogP contribution in [0.1, 0.15) is 52.4 Å². The zero-order valence-electron chi connectivity index (χ0n) is 9.64. The van der Waals surface area contributed by atoms with Crippen LogP contribution in [-0.2, 0) is 9.53 Å². The summed E-state index contributed by atoms with van der Waals surface area (Å²) in [5.41, 5.74) is 0.809. The van der Waals surface area contributed by atoms with Gasteiger partial charge in [-0.2, -0.15) is 0 Å². The number of methoxy groups -OCH3 is 1. The second kappa shape index (κ2) is 8.79. The number of carbonyl (C=O) groups excluding carboxylic acids is 1. The van der Waals surface area contributed by atoms with Gasteiger partial charge in [0.05, 0.1) is 7.11 Å². The first kappa shape index (κ1) is 13.2. The lowest BCUT2D eigenvalue weighted by Gasteiger charge is -2.01. The summed E-state index contributed by atoms with van der Waals surface area (Å²) in [7, 11) is 1.43. The lowest BCUT2D eigenvalue weighted by molar-refractivity contribution is -0.136. The minimum Gasteiger partial charge on any atom is -0.466 e. The van der Waals surface area contributed by atoms with Gasteiger partial charge in [0.2, 0.25) is 0 Å². The van der Waals surface area contributed by atoms with Crippen LogP contribution in [0.3, 0.4) is 0 Å². The Morgan fingerprint density at radius 1 is 1.21 bits per heavy atom. The Morgan fingerprint density at radius 2 is 1.93 bits per heavy atom. The van der Waals surface area contributed by atoms with Gasteiger partial charge in [0.25, 0.3) is 0 Å². The largest absolute Gasteiger partial charge is 0.466 e. The number of ether oxygens (including phenoxy) is 1. The Morgan fingerprint density at radius 3 is 2.43 bits per heavy atom. The van der Waals surface area contributed by atoms with Crippen molar-refractivity contribution in [1.82, 2.24) is 0 Å². The Balaban J connectivity index is 3.76. The topological polar surface area (TPSA) is 26.3 Å². The lowest BCUT2D eigenvalue weighted by atomic mass is 10.1. The Labute approximate surface area is 87.3 Å². The number of esters is 1. The number of rotatable bonds is 7. The van der Waals surface area contributed by atoms with E-state index in [1.165, 1.54) is 32.8 Å². The molecule has 14 heavy (non-hydrogen) atoms. The SMILES string of the molecule is CCCCCCC=C(CC)C(=O)OC. The van der Waals surface area contributed by atoms with Gasteiger partial charge in [0, 0.05) is 5.57 Å². The van der Waals surface area contributed by atoms with Gasteiger partial charge < -0.3 is 4.74 Å². The zero-order valence-corrected chi connectivity index (χ0v) is 9.64. The molecule has 2 heteroatoms. The zero-order chi connectivity index (χ0) is 10.8. The van der Waals surface area contributed by atoms with Crippen LogP contribution >= 0.6 is 0 Å². The molecule has 0 amide bonds. The van der Waals surface area contributed by atoms with Crippen molar-refractivity contribution in [2.45, 2.75) is 52.4 Å². The van der Waals surface area contributed by atoms with E-state index in [4.69, 9.17) is 0 Å². The summed E-state index contributed by atoms with van der Waals surface area (Å²) >= 11 is 0. The summed E-state index contributed by atoms with van der Waals surface area (Å²) in [6.45, 7) is 4.18. The van der Waals surface area contributed by atoms with E-state index in [1.807, 2.05) is 13.0 Å². The van der Waals surface area contributed by atoms with Gasteiger partial charge in [-0.1, -0.05) is 39.2 Å². The van der Waals surface area contributed by atoms with Crippen LogP contribution in [-0.4, -0.2) is 13.1 Å². The van der Waals surface area contributed by atoms with Crippen LogP contribution in [0.2, 0.25) is 0 Å². The highest BCUT2D eigenvalue weighted by Crippen LogP contribution is 2.08. The standard InChI is InChI=1S/C12H22O2/c1-4-6-7-8-9-10-11(5-2)12(13)14-3/h10H,4-9H2,1-3H3. The van der Waals surface area contributed by atoms with Gasteiger partial charge in [0.15, 0.2) is 0 Å². The number of unbranched alkanes of at least 4 members (excludes halogenated alkanes) is 4. The summed E-state index contributed by atoms with van der Waals surface area (Å²) in [5.74, 6) is -0.178. The quantitative estimate of drug-likeness (QED) is 0.356. The van der Waals surface area contributed by atoms with Crippen molar-refractivity contribution in [3.05, 3.63) is 11.6 Å². The molecule has 0 radical (unpaired) electrons. The van der Waals surface area contributed by atoms with E-state index in [0.717, 1.165) is 18.4 Å². The van der Waals surface area contributed by atoms with Crippen molar-refractivity contribution in [2.24, 2.45) is 0 Å². The molecule has 0 aromatic heterocycles. The fraction of sp³-hybridized carbons (Fsp3) is 0.750. The molecule has 0 aliphatic carbocycles. The van der Waals surface area contributed by atoms with Gasteiger partial charge in [-0.3, -0.25) is 0 Å². The fourth-order valence-corrected chi connectivity index (χ4v) is 1.35. The monoisotopic (exact) mass is 198 g/mol. The van der Waals surface area contributed by atoms with Gasteiger partial charge in [0.1, 0.15) is 0 Å². The smallest absolute Gasteiger partial charge is 0.333 e. The second-order valence-electron chi connectivity index (χ2n) is 3.42. The average Bonchev–Trinajstić information content (AvgIpc) is 2.22. The van der Waals surface area contributed by atoms with Gasteiger partial charge in [-0.05, 0) is 19.3 Å². The predicted octanol–water partition coefficient (Wildman–Crippen LogP) is 3.47. The van der Waals surface area contributed by atoms with Crippen LogP contribution in [0.4, 0.5) is 0 Å². The molecule has 0 N–H and O–H groups in total. The van der Waals surface area contributed by atoms with E-state index >= 15 is 0 Å². The van der Waals surface area contributed by atoms with Crippen LogP contribution < -0.4 is 0 Å². The molecule has 0 saturated heterocycles. The van der Waals surface area contributed by atoms with Crippen LogP contribution in [0, 0.1) is 0 Å². The van der Waals surface area contributed by atoms with Crippen LogP contribution in [0.25, 0.3) is 0 Å². The van der Waals surface area contributed by atoms with Crippen molar-refractivity contribution in [2.75, 3.05) is 7.11 Å². The number of hydrogen-bond donors (Lipinski definition) is 0. The molecular weight excluding hydrogens is 176 g/mol. The first-order valence-corrected chi connectivity index (χ1v) is 5.53. The minimum absolute atomic E-state index is 0.178. The maximum absolute atomic E-state index is 11.2. The molecule has 0 aliphatic rings. The molecule has 0 fully saturated rings. The maximum atomic E-state index is 11.2. The predicted molar refractivity (Wildman–Crippen MR) is 59.1 cm³/mol. The normalized spacial score (nSPS) is 11.5. The van der Waals surface area contributed by atoms with Gasteiger partial charge >= 0.3 is 5.97 Å². The van der Waals surface area contributed by atoms with Crippen molar-refractivity contribution in [3.8, 4) is 0 Å². The summed E-state index contributed by atoms with van der Waals surface area (Å²) in [6.07, 6.45) is 8.74. The van der Waals surface area contributed by atoms with E-state index in [-0.39, 0.29) is 5.97 Å². The van der Waals surface area contributed by atoms with Crippen LogP contribution in [0.15, 0.2) is 11.6 Å². The summed E-state index contributed by atoms with van der Waals surface area (Å²) in [6, 6.07) is 0. The number of allylic oxidation sites excluding steroid dienone is 1. The Hall–Kier alpha value is -0.790. The molecule has 2 nitrogen and oxygen atoms in total. The Bertz CT molecular complexity index is 183. The number of hydrogen-bond acceptors (Lipinski definition) is 2. The van der Waals surface area contributed by atoms with Gasteiger partial charge in [-0.15, -0.1) is 0 Å². The third kappa shape index (κ3) is 5.79. The van der Waals surface area contributed by atoms with Crippen molar-refractivity contribution in [1.29, 1.82) is 0 Å². The van der Waals surface area contributed by atoms with E-state index in [2.05, 4.69) is 11.7 Å². The third-order valence-electron chi connectivity index (χ3n) is 2.28. The molecule has 0 heterocycles. The van der Waals surface area contributed by atoms with Crippen molar-refractivity contribution < 1.29 is 9.53 Å². The molecule has 0 aliphatic heterocycles. The first-order valence-electron chi connectivity index (χ1n) is 5.53. The fourth-order valence-electron chi connectivity index (χ4n) is 1.35.